The molecule has 7 heteroatoms. The first kappa shape index (κ1) is 18.4. The normalized spacial score (nSPS) is 11.3. The highest BCUT2D eigenvalue weighted by molar-refractivity contribution is 7.13. The molecule has 28 heavy (non-hydrogen) atoms. The van der Waals surface area contributed by atoms with Crippen LogP contribution >= 0.6 is 11.3 Å². The number of benzene rings is 2. The van der Waals surface area contributed by atoms with Gasteiger partial charge in [-0.2, -0.15) is 5.10 Å². The summed E-state index contributed by atoms with van der Waals surface area (Å²) >= 11 is 1.51. The average molecular weight is 396 g/mol. The quantitative estimate of drug-likeness (QED) is 0.422. The van der Waals surface area contributed by atoms with Crippen LogP contribution in [-0.2, 0) is 13.0 Å². The van der Waals surface area contributed by atoms with Crippen LogP contribution in [0.3, 0.4) is 0 Å². The van der Waals surface area contributed by atoms with Gasteiger partial charge in [-0.15, -0.1) is 11.3 Å². The molecule has 144 valence electrons. The van der Waals surface area contributed by atoms with Crippen molar-refractivity contribution in [3.8, 4) is 5.75 Å². The predicted octanol–water partition coefficient (Wildman–Crippen LogP) is 5.68. The second kappa shape index (κ2) is 7.98. The number of aromatic amines is 1. The number of H-pyrrole nitrogens is 1. The lowest BCUT2D eigenvalue weighted by molar-refractivity contribution is 0.302. The summed E-state index contributed by atoms with van der Waals surface area (Å²) in [6.07, 6.45) is 2.66. The molecule has 2 aromatic carbocycles. The van der Waals surface area contributed by atoms with E-state index in [9.17, 15) is 4.39 Å². The number of nitrogens with zero attached hydrogens (tertiary/aromatic N) is 2. The number of fused-ring (bicyclic) bond motifs is 1. The van der Waals surface area contributed by atoms with Crippen LogP contribution in [0.4, 0.5) is 15.3 Å². The maximum absolute atomic E-state index is 14.0. The van der Waals surface area contributed by atoms with Crippen LogP contribution in [0.15, 0.2) is 48.0 Å². The predicted molar refractivity (Wildman–Crippen MR) is 111 cm³/mol. The number of thiazole rings is 1. The first-order valence-corrected chi connectivity index (χ1v) is 10.0. The smallest absolute Gasteiger partial charge is 0.188 e. The van der Waals surface area contributed by atoms with E-state index in [2.05, 4.69) is 40.4 Å². The number of halogens is 1. The van der Waals surface area contributed by atoms with Crippen LogP contribution in [0.25, 0.3) is 10.9 Å². The van der Waals surface area contributed by atoms with Gasteiger partial charge in [0.25, 0.3) is 0 Å². The Balaban J connectivity index is 1.69. The third-order valence-electron chi connectivity index (χ3n) is 4.34. The topological polar surface area (TPSA) is 62.8 Å². The Morgan fingerprint density at radius 2 is 2.11 bits per heavy atom. The number of ether oxygens (including phenoxy) is 1. The molecule has 0 aliphatic carbocycles. The highest BCUT2D eigenvalue weighted by Gasteiger charge is 2.15. The number of nitrogens with one attached hydrogen (secondary N) is 2. The molecule has 4 rings (SSSR count). The SMILES string of the molecule is CC(C)Cc1cc(OCc2ccccc2F)c2[nH]nc(Nc3nccs3)c2c1. The molecule has 0 amide bonds. The van der Waals surface area contributed by atoms with E-state index in [0.29, 0.717) is 23.0 Å². The largest absolute Gasteiger partial charge is 0.487 e. The first-order valence-electron chi connectivity index (χ1n) is 9.14. The molecule has 2 heterocycles. The van der Waals surface area contributed by atoms with E-state index in [0.717, 1.165) is 28.0 Å². The van der Waals surface area contributed by atoms with Crippen LogP contribution in [-0.4, -0.2) is 15.2 Å². The van der Waals surface area contributed by atoms with Crippen LogP contribution in [0, 0.1) is 11.7 Å². The molecule has 0 unspecified atom stereocenters. The van der Waals surface area contributed by atoms with Gasteiger partial charge in [0.05, 0.1) is 0 Å². The van der Waals surface area contributed by atoms with E-state index in [4.69, 9.17) is 4.74 Å². The zero-order valence-electron chi connectivity index (χ0n) is 15.7. The van der Waals surface area contributed by atoms with Crippen molar-refractivity contribution in [2.24, 2.45) is 5.92 Å². The highest BCUT2D eigenvalue weighted by Crippen LogP contribution is 2.33. The molecule has 0 bridgehead atoms. The second-order valence-corrected chi connectivity index (χ2v) is 7.92. The summed E-state index contributed by atoms with van der Waals surface area (Å²) in [7, 11) is 0. The lowest BCUT2D eigenvalue weighted by Gasteiger charge is -2.12. The first-order chi connectivity index (χ1) is 13.6. The fraction of sp³-hybridized carbons (Fsp3) is 0.238. The Morgan fingerprint density at radius 1 is 1.25 bits per heavy atom. The molecule has 5 nitrogen and oxygen atoms in total. The summed E-state index contributed by atoms with van der Waals surface area (Å²) in [6.45, 7) is 4.50. The molecule has 4 aromatic rings. The number of hydrogen-bond acceptors (Lipinski definition) is 5. The summed E-state index contributed by atoms with van der Waals surface area (Å²) in [5.74, 6) is 1.59. The standard InChI is InChI=1S/C21H21FN4OS/c1-13(2)9-14-10-16-19(25-26-20(16)24-21-23-7-8-28-21)18(11-14)27-12-15-5-3-4-6-17(15)22/h3-8,10-11,13H,9,12H2,1-2H3,(H2,23,24,25,26). The van der Waals surface area contributed by atoms with E-state index < -0.39 is 0 Å². The van der Waals surface area contributed by atoms with Gasteiger partial charge in [-0.1, -0.05) is 32.0 Å². The number of rotatable bonds is 7. The number of anilines is 2. The minimum Gasteiger partial charge on any atom is -0.487 e. The maximum Gasteiger partial charge on any atom is 0.188 e. The molecule has 0 radical (unpaired) electrons. The molecule has 0 saturated carbocycles. The minimum absolute atomic E-state index is 0.154. The second-order valence-electron chi connectivity index (χ2n) is 7.03. The Morgan fingerprint density at radius 3 is 2.86 bits per heavy atom. The Kier molecular flexibility index (Phi) is 5.25. The maximum atomic E-state index is 14.0. The Bertz CT molecular complexity index is 1080. The fourth-order valence-corrected chi connectivity index (χ4v) is 3.63. The molecular weight excluding hydrogens is 375 g/mol. The molecule has 0 fully saturated rings. The van der Waals surface area contributed by atoms with Crippen LogP contribution in [0.2, 0.25) is 0 Å². The molecule has 2 aromatic heterocycles. The molecule has 0 aliphatic rings. The van der Waals surface area contributed by atoms with Crippen molar-refractivity contribution in [2.75, 3.05) is 5.32 Å². The molecule has 0 aliphatic heterocycles. The average Bonchev–Trinajstić information content (AvgIpc) is 3.31. The van der Waals surface area contributed by atoms with Gasteiger partial charge >= 0.3 is 0 Å². The summed E-state index contributed by atoms with van der Waals surface area (Å²) in [5.41, 5.74) is 2.45. The zero-order chi connectivity index (χ0) is 19.5. The van der Waals surface area contributed by atoms with Crippen molar-refractivity contribution in [3.05, 3.63) is 64.9 Å². The van der Waals surface area contributed by atoms with Crippen molar-refractivity contribution in [2.45, 2.75) is 26.9 Å². The third kappa shape index (κ3) is 3.99. The Labute approximate surface area is 166 Å². The summed E-state index contributed by atoms with van der Waals surface area (Å²) < 4.78 is 20.0. The van der Waals surface area contributed by atoms with Gasteiger partial charge in [0.2, 0.25) is 0 Å². The number of aromatic nitrogens is 3. The van der Waals surface area contributed by atoms with Gasteiger partial charge in [-0.25, -0.2) is 9.37 Å². The van der Waals surface area contributed by atoms with Crippen molar-refractivity contribution in [3.63, 3.8) is 0 Å². The van der Waals surface area contributed by atoms with Gasteiger partial charge in [0.1, 0.15) is 23.7 Å². The van der Waals surface area contributed by atoms with Gasteiger partial charge in [-0.05, 0) is 36.1 Å². The van der Waals surface area contributed by atoms with E-state index in [1.807, 2.05) is 11.4 Å². The molecule has 2 N–H and O–H groups in total. The van der Waals surface area contributed by atoms with Crippen molar-refractivity contribution < 1.29 is 9.13 Å². The van der Waals surface area contributed by atoms with Crippen molar-refractivity contribution in [1.82, 2.24) is 15.2 Å². The summed E-state index contributed by atoms with van der Waals surface area (Å²) in [5, 5.41) is 14.3. The van der Waals surface area contributed by atoms with Gasteiger partial charge in [0.15, 0.2) is 10.9 Å². The molecule has 0 spiro atoms. The molecular formula is C21H21FN4OS. The van der Waals surface area contributed by atoms with Crippen LogP contribution in [0.1, 0.15) is 25.0 Å². The third-order valence-corrected chi connectivity index (χ3v) is 5.03. The van der Waals surface area contributed by atoms with Gasteiger partial charge in [0, 0.05) is 22.5 Å². The van der Waals surface area contributed by atoms with E-state index in [1.54, 1.807) is 24.4 Å². The van der Waals surface area contributed by atoms with Gasteiger partial charge < -0.3 is 10.1 Å². The molecule has 0 atom stereocenters. The van der Waals surface area contributed by atoms with Crippen LogP contribution < -0.4 is 10.1 Å². The van der Waals surface area contributed by atoms with Gasteiger partial charge in [-0.3, -0.25) is 5.10 Å². The summed E-state index contributed by atoms with van der Waals surface area (Å²) in [6, 6.07) is 10.8. The zero-order valence-corrected chi connectivity index (χ0v) is 16.5. The fourth-order valence-electron chi connectivity index (χ4n) is 3.10. The van der Waals surface area contributed by atoms with Crippen LogP contribution in [0.5, 0.6) is 5.75 Å². The van der Waals surface area contributed by atoms with E-state index in [1.165, 1.54) is 17.4 Å². The lowest BCUT2D eigenvalue weighted by Crippen LogP contribution is -2.01. The van der Waals surface area contributed by atoms with E-state index >= 15 is 0 Å². The monoisotopic (exact) mass is 396 g/mol. The lowest BCUT2D eigenvalue weighted by atomic mass is 10.0. The highest BCUT2D eigenvalue weighted by atomic mass is 32.1. The summed E-state index contributed by atoms with van der Waals surface area (Å²) in [4.78, 5) is 4.26. The molecule has 0 saturated heterocycles. The van der Waals surface area contributed by atoms with Crippen molar-refractivity contribution >= 4 is 33.2 Å². The van der Waals surface area contributed by atoms with E-state index in [-0.39, 0.29) is 12.4 Å². The minimum atomic E-state index is -0.271. The van der Waals surface area contributed by atoms with Crippen molar-refractivity contribution in [1.29, 1.82) is 0 Å². The number of hydrogen-bond donors (Lipinski definition) is 2. The Hall–Kier alpha value is -2.93.